The number of rotatable bonds is 9. The third-order valence-electron chi connectivity index (χ3n) is 5.24. The second-order valence-electron chi connectivity index (χ2n) is 7.73. The predicted octanol–water partition coefficient (Wildman–Crippen LogP) is 2.87. The molecule has 172 valence electrons. The second-order valence-corrected chi connectivity index (χ2v) is 9.50. The Hall–Kier alpha value is -3.34. The molecule has 0 bridgehead atoms. The predicted molar refractivity (Wildman–Crippen MR) is 127 cm³/mol. The third kappa shape index (κ3) is 6.58. The molecule has 0 unspecified atom stereocenters. The molecule has 1 aromatic heterocycles. The summed E-state index contributed by atoms with van der Waals surface area (Å²) >= 11 is 0. The van der Waals surface area contributed by atoms with Crippen molar-refractivity contribution in [1.82, 2.24) is 24.8 Å². The number of nitrogens with one attached hydrogen (secondary N) is 2. The molecule has 0 spiro atoms. The Bertz CT molecular complexity index is 1190. The molecule has 10 heteroatoms. The van der Waals surface area contributed by atoms with Crippen LogP contribution in [0.1, 0.15) is 24.1 Å². The van der Waals surface area contributed by atoms with Crippen LogP contribution in [0.2, 0.25) is 0 Å². The first-order valence-corrected chi connectivity index (χ1v) is 12.2. The highest BCUT2D eigenvalue weighted by atomic mass is 32.2. The summed E-state index contributed by atoms with van der Waals surface area (Å²) in [6, 6.07) is 13.3. The van der Waals surface area contributed by atoms with Gasteiger partial charge in [-0.05, 0) is 74.0 Å². The highest BCUT2D eigenvalue weighted by Gasteiger charge is 2.16. The number of nitrogens with zero attached hydrogens (tertiary/aromatic N) is 4. The Labute approximate surface area is 193 Å². The maximum Gasteiger partial charge on any atom is 0.247 e. The zero-order valence-corrected chi connectivity index (χ0v) is 18.9. The quantitative estimate of drug-likeness (QED) is 0.440. The summed E-state index contributed by atoms with van der Waals surface area (Å²) in [7, 11) is -3.55. The molecule has 3 aromatic rings. The normalized spacial score (nSPS) is 14.7. The standard InChI is InChI=1S/C23H26N6O3S/c30-21-5-3-4-18(16-21)6-7-20-17-24-23(28-27-20)26-19-8-10-22(11-9-19)33(31,32)25-12-15-29-13-1-2-14-29/h3-11,16-17,25,30H,1-2,12-15H2,(H,24,26,28). The van der Waals surface area contributed by atoms with Gasteiger partial charge in [-0.15, -0.1) is 10.2 Å². The Morgan fingerprint density at radius 3 is 2.52 bits per heavy atom. The zero-order valence-electron chi connectivity index (χ0n) is 18.1. The minimum Gasteiger partial charge on any atom is -0.508 e. The molecule has 0 saturated carbocycles. The molecular weight excluding hydrogens is 440 g/mol. The summed E-state index contributed by atoms with van der Waals surface area (Å²) in [6.45, 7) is 3.19. The maximum atomic E-state index is 12.5. The van der Waals surface area contributed by atoms with Crippen molar-refractivity contribution in [3.63, 3.8) is 0 Å². The van der Waals surface area contributed by atoms with Gasteiger partial charge in [0.2, 0.25) is 16.0 Å². The molecule has 3 N–H and O–H groups in total. The first-order chi connectivity index (χ1) is 16.0. The van der Waals surface area contributed by atoms with Crippen LogP contribution in [-0.2, 0) is 10.0 Å². The Morgan fingerprint density at radius 1 is 1.03 bits per heavy atom. The van der Waals surface area contributed by atoms with Crippen LogP contribution in [0.15, 0.2) is 59.6 Å². The minimum absolute atomic E-state index is 0.192. The molecule has 2 heterocycles. The number of anilines is 2. The molecule has 4 rings (SSSR count). The van der Waals surface area contributed by atoms with E-state index < -0.39 is 10.0 Å². The van der Waals surface area contributed by atoms with Crippen LogP contribution in [0.3, 0.4) is 0 Å². The van der Waals surface area contributed by atoms with Crippen molar-refractivity contribution in [1.29, 1.82) is 0 Å². The average Bonchev–Trinajstić information content (AvgIpc) is 3.33. The number of likely N-dealkylation sites (tertiary alicyclic amines) is 1. The van der Waals surface area contributed by atoms with Gasteiger partial charge in [-0.2, -0.15) is 0 Å². The van der Waals surface area contributed by atoms with Crippen molar-refractivity contribution in [2.45, 2.75) is 17.7 Å². The van der Waals surface area contributed by atoms with Gasteiger partial charge in [-0.25, -0.2) is 18.1 Å². The smallest absolute Gasteiger partial charge is 0.247 e. The number of hydrogen-bond donors (Lipinski definition) is 3. The minimum atomic E-state index is -3.55. The highest BCUT2D eigenvalue weighted by molar-refractivity contribution is 7.89. The molecule has 0 aliphatic carbocycles. The van der Waals surface area contributed by atoms with Crippen LogP contribution in [-0.4, -0.2) is 59.8 Å². The van der Waals surface area contributed by atoms with Gasteiger partial charge < -0.3 is 15.3 Å². The molecule has 0 atom stereocenters. The van der Waals surface area contributed by atoms with E-state index in [1.165, 1.54) is 12.8 Å². The highest BCUT2D eigenvalue weighted by Crippen LogP contribution is 2.17. The lowest BCUT2D eigenvalue weighted by Gasteiger charge is -2.15. The number of aromatic hydroxyl groups is 1. The Morgan fingerprint density at radius 2 is 1.82 bits per heavy atom. The van der Waals surface area contributed by atoms with Crippen molar-refractivity contribution in [3.05, 3.63) is 66.0 Å². The molecular formula is C23H26N6O3S. The summed E-state index contributed by atoms with van der Waals surface area (Å²) in [6.07, 6.45) is 7.47. The molecule has 1 aliphatic heterocycles. The molecule has 0 radical (unpaired) electrons. The molecule has 9 nitrogen and oxygen atoms in total. The van der Waals surface area contributed by atoms with Crippen molar-refractivity contribution in [2.75, 3.05) is 31.5 Å². The van der Waals surface area contributed by atoms with Gasteiger partial charge in [0.25, 0.3) is 0 Å². The number of aromatic nitrogens is 3. The number of sulfonamides is 1. The van der Waals surface area contributed by atoms with Crippen molar-refractivity contribution < 1.29 is 13.5 Å². The molecule has 0 amide bonds. The Balaban J connectivity index is 1.31. The summed E-state index contributed by atoms with van der Waals surface area (Å²) in [5.74, 6) is 0.487. The van der Waals surface area contributed by atoms with Gasteiger partial charge in [0.05, 0.1) is 11.1 Å². The fraction of sp³-hybridized carbons (Fsp3) is 0.261. The molecule has 33 heavy (non-hydrogen) atoms. The topological polar surface area (TPSA) is 120 Å². The lowest BCUT2D eigenvalue weighted by Crippen LogP contribution is -2.33. The van der Waals surface area contributed by atoms with E-state index in [0.29, 0.717) is 23.9 Å². The fourth-order valence-corrected chi connectivity index (χ4v) is 4.52. The first-order valence-electron chi connectivity index (χ1n) is 10.7. The largest absolute Gasteiger partial charge is 0.508 e. The van der Waals surface area contributed by atoms with Gasteiger partial charge in [-0.3, -0.25) is 0 Å². The van der Waals surface area contributed by atoms with Gasteiger partial charge in [0.1, 0.15) is 11.4 Å². The maximum absolute atomic E-state index is 12.5. The number of hydrogen-bond acceptors (Lipinski definition) is 8. The zero-order chi connectivity index (χ0) is 23.1. The van der Waals surface area contributed by atoms with E-state index in [9.17, 15) is 13.5 Å². The van der Waals surface area contributed by atoms with Gasteiger partial charge >= 0.3 is 0 Å². The van der Waals surface area contributed by atoms with Crippen LogP contribution in [0.5, 0.6) is 5.75 Å². The number of benzene rings is 2. The molecule has 1 fully saturated rings. The van der Waals surface area contributed by atoms with E-state index in [1.54, 1.807) is 60.8 Å². The van der Waals surface area contributed by atoms with Crippen LogP contribution in [0.25, 0.3) is 12.2 Å². The second kappa shape index (κ2) is 10.5. The molecule has 1 saturated heterocycles. The third-order valence-corrected chi connectivity index (χ3v) is 6.71. The summed E-state index contributed by atoms with van der Waals surface area (Å²) in [5, 5.41) is 20.7. The van der Waals surface area contributed by atoms with Crippen LogP contribution < -0.4 is 10.0 Å². The van der Waals surface area contributed by atoms with Gasteiger partial charge in [-0.1, -0.05) is 18.2 Å². The molecule has 2 aromatic carbocycles. The lowest BCUT2D eigenvalue weighted by molar-refractivity contribution is 0.344. The van der Waals surface area contributed by atoms with Crippen molar-refractivity contribution in [3.8, 4) is 5.75 Å². The van der Waals surface area contributed by atoms with E-state index in [0.717, 1.165) is 25.2 Å². The van der Waals surface area contributed by atoms with Crippen LogP contribution >= 0.6 is 0 Å². The summed E-state index contributed by atoms with van der Waals surface area (Å²) in [4.78, 5) is 6.70. The Kier molecular flexibility index (Phi) is 7.28. The SMILES string of the molecule is O=S(=O)(NCCN1CCCC1)c1ccc(Nc2ncc(C=Cc3cccc(O)c3)nn2)cc1. The van der Waals surface area contributed by atoms with E-state index in [2.05, 4.69) is 30.1 Å². The summed E-state index contributed by atoms with van der Waals surface area (Å²) < 4.78 is 27.6. The van der Waals surface area contributed by atoms with Gasteiger partial charge in [0, 0.05) is 18.8 Å². The van der Waals surface area contributed by atoms with Crippen LogP contribution in [0.4, 0.5) is 11.6 Å². The number of phenols is 1. The monoisotopic (exact) mass is 466 g/mol. The van der Waals surface area contributed by atoms with E-state index >= 15 is 0 Å². The van der Waals surface area contributed by atoms with E-state index in [4.69, 9.17) is 0 Å². The average molecular weight is 467 g/mol. The summed E-state index contributed by atoms with van der Waals surface area (Å²) in [5.41, 5.74) is 2.04. The first kappa shape index (κ1) is 22.8. The van der Waals surface area contributed by atoms with E-state index in [-0.39, 0.29) is 10.6 Å². The molecule has 1 aliphatic rings. The van der Waals surface area contributed by atoms with Crippen molar-refractivity contribution >= 4 is 33.8 Å². The van der Waals surface area contributed by atoms with Gasteiger partial charge in [0.15, 0.2) is 0 Å². The fourth-order valence-electron chi connectivity index (χ4n) is 3.50. The van der Waals surface area contributed by atoms with Crippen LogP contribution in [0, 0.1) is 0 Å². The lowest BCUT2D eigenvalue weighted by atomic mass is 10.2. The van der Waals surface area contributed by atoms with Crippen molar-refractivity contribution in [2.24, 2.45) is 0 Å². The van der Waals surface area contributed by atoms with E-state index in [1.807, 2.05) is 6.07 Å². The number of phenolic OH excluding ortho intramolecular Hbond substituents is 1.